The van der Waals surface area contributed by atoms with E-state index in [0.717, 1.165) is 12.1 Å². The number of piperazine rings is 1. The third kappa shape index (κ3) is 3.28. The van der Waals surface area contributed by atoms with E-state index in [2.05, 4.69) is 5.32 Å². The van der Waals surface area contributed by atoms with E-state index >= 15 is 0 Å². The molecule has 0 spiro atoms. The molecule has 0 radical (unpaired) electrons. The number of rotatable bonds is 3. The van der Waals surface area contributed by atoms with Crippen molar-refractivity contribution in [2.24, 2.45) is 0 Å². The molecule has 1 aromatic rings. The molecular formula is C13H16F4N2O. The SMILES string of the molecule is OCC(c1ccc(F)c(C(F)(F)F)c1)N1CCNCC1. The highest BCUT2D eigenvalue weighted by Gasteiger charge is 2.35. The third-order valence-electron chi connectivity index (χ3n) is 3.45. The molecule has 1 aliphatic rings. The second-order valence-electron chi connectivity index (χ2n) is 4.72. The quantitative estimate of drug-likeness (QED) is 0.834. The lowest BCUT2D eigenvalue weighted by molar-refractivity contribution is -0.140. The second kappa shape index (κ2) is 6.07. The van der Waals surface area contributed by atoms with Crippen LogP contribution in [0.3, 0.4) is 0 Å². The molecule has 1 aromatic carbocycles. The number of nitrogens with one attached hydrogen (secondary N) is 1. The van der Waals surface area contributed by atoms with E-state index in [0.29, 0.717) is 26.2 Å². The summed E-state index contributed by atoms with van der Waals surface area (Å²) in [7, 11) is 0. The van der Waals surface area contributed by atoms with Crippen molar-refractivity contribution in [3.8, 4) is 0 Å². The Bertz CT molecular complexity index is 458. The molecule has 1 fully saturated rings. The Morgan fingerprint density at radius 1 is 1.25 bits per heavy atom. The molecular weight excluding hydrogens is 276 g/mol. The van der Waals surface area contributed by atoms with Crippen LogP contribution in [0.4, 0.5) is 17.6 Å². The first-order chi connectivity index (χ1) is 9.43. The van der Waals surface area contributed by atoms with Gasteiger partial charge in [0.1, 0.15) is 5.82 Å². The van der Waals surface area contributed by atoms with Crippen LogP contribution in [0.15, 0.2) is 18.2 Å². The Hall–Kier alpha value is -1.18. The zero-order valence-corrected chi connectivity index (χ0v) is 10.8. The molecule has 0 aromatic heterocycles. The van der Waals surface area contributed by atoms with Crippen molar-refractivity contribution in [1.29, 1.82) is 0 Å². The first-order valence-electron chi connectivity index (χ1n) is 6.35. The molecule has 1 aliphatic heterocycles. The molecule has 1 saturated heterocycles. The largest absolute Gasteiger partial charge is 0.419 e. The standard InChI is InChI=1S/C13H16F4N2O/c14-11-2-1-9(7-10(11)13(15,16)17)12(8-20)19-5-3-18-4-6-19/h1-2,7,12,18,20H,3-6,8H2. The van der Waals surface area contributed by atoms with Crippen LogP contribution in [0.2, 0.25) is 0 Å². The van der Waals surface area contributed by atoms with E-state index in [4.69, 9.17) is 0 Å². The maximum atomic E-state index is 13.3. The van der Waals surface area contributed by atoms with Gasteiger partial charge < -0.3 is 10.4 Å². The van der Waals surface area contributed by atoms with Gasteiger partial charge in [-0.25, -0.2) is 4.39 Å². The van der Waals surface area contributed by atoms with Crippen LogP contribution in [-0.2, 0) is 6.18 Å². The maximum absolute atomic E-state index is 13.3. The van der Waals surface area contributed by atoms with Gasteiger partial charge in [0.05, 0.1) is 18.2 Å². The van der Waals surface area contributed by atoms with Gasteiger partial charge >= 0.3 is 6.18 Å². The average molecular weight is 292 g/mol. The Morgan fingerprint density at radius 2 is 1.90 bits per heavy atom. The maximum Gasteiger partial charge on any atom is 0.419 e. The number of nitrogens with zero attached hydrogens (tertiary/aromatic N) is 1. The molecule has 1 atom stereocenters. The molecule has 0 saturated carbocycles. The number of benzene rings is 1. The molecule has 2 N–H and O–H groups in total. The monoisotopic (exact) mass is 292 g/mol. The number of aliphatic hydroxyl groups excluding tert-OH is 1. The van der Waals surface area contributed by atoms with Gasteiger partial charge in [0.15, 0.2) is 0 Å². The molecule has 1 heterocycles. The zero-order valence-electron chi connectivity index (χ0n) is 10.8. The first-order valence-corrected chi connectivity index (χ1v) is 6.35. The molecule has 20 heavy (non-hydrogen) atoms. The Morgan fingerprint density at radius 3 is 2.45 bits per heavy atom. The third-order valence-corrected chi connectivity index (χ3v) is 3.45. The fourth-order valence-electron chi connectivity index (χ4n) is 2.39. The summed E-state index contributed by atoms with van der Waals surface area (Å²) in [6.07, 6.45) is -4.73. The Labute approximate surface area is 114 Å². The van der Waals surface area contributed by atoms with E-state index in [1.165, 1.54) is 6.07 Å². The van der Waals surface area contributed by atoms with Gasteiger partial charge in [-0.2, -0.15) is 13.2 Å². The zero-order chi connectivity index (χ0) is 14.8. The van der Waals surface area contributed by atoms with E-state index in [1.807, 2.05) is 4.90 Å². The highest BCUT2D eigenvalue weighted by atomic mass is 19.4. The van der Waals surface area contributed by atoms with Crippen molar-refractivity contribution < 1.29 is 22.7 Å². The number of hydrogen-bond acceptors (Lipinski definition) is 3. The van der Waals surface area contributed by atoms with Gasteiger partial charge in [-0.1, -0.05) is 6.07 Å². The van der Waals surface area contributed by atoms with Crippen molar-refractivity contribution in [2.45, 2.75) is 12.2 Å². The number of hydrogen-bond donors (Lipinski definition) is 2. The molecule has 1 unspecified atom stereocenters. The lowest BCUT2D eigenvalue weighted by Crippen LogP contribution is -2.46. The van der Waals surface area contributed by atoms with E-state index in [9.17, 15) is 22.7 Å². The predicted molar refractivity (Wildman–Crippen MR) is 65.7 cm³/mol. The lowest BCUT2D eigenvalue weighted by Gasteiger charge is -2.34. The van der Waals surface area contributed by atoms with Gasteiger partial charge in [0, 0.05) is 26.2 Å². The van der Waals surface area contributed by atoms with Gasteiger partial charge in [-0.3, -0.25) is 4.90 Å². The van der Waals surface area contributed by atoms with Crippen LogP contribution >= 0.6 is 0 Å². The molecule has 7 heteroatoms. The number of aliphatic hydroxyl groups is 1. The van der Waals surface area contributed by atoms with Crippen LogP contribution in [0.1, 0.15) is 17.2 Å². The molecule has 0 bridgehead atoms. The normalized spacial score (nSPS) is 19.1. The van der Waals surface area contributed by atoms with Crippen molar-refractivity contribution in [1.82, 2.24) is 10.2 Å². The van der Waals surface area contributed by atoms with Crippen LogP contribution in [0.25, 0.3) is 0 Å². The van der Waals surface area contributed by atoms with Gasteiger partial charge in [0.25, 0.3) is 0 Å². The molecule has 0 amide bonds. The van der Waals surface area contributed by atoms with Gasteiger partial charge in [-0.15, -0.1) is 0 Å². The summed E-state index contributed by atoms with van der Waals surface area (Å²) < 4.78 is 51.4. The summed E-state index contributed by atoms with van der Waals surface area (Å²) >= 11 is 0. The van der Waals surface area contributed by atoms with E-state index in [1.54, 1.807) is 0 Å². The van der Waals surface area contributed by atoms with E-state index < -0.39 is 23.6 Å². The lowest BCUT2D eigenvalue weighted by atomic mass is 10.0. The highest BCUT2D eigenvalue weighted by molar-refractivity contribution is 5.29. The summed E-state index contributed by atoms with van der Waals surface area (Å²) in [6.45, 7) is 2.38. The van der Waals surface area contributed by atoms with E-state index in [-0.39, 0.29) is 12.2 Å². The summed E-state index contributed by atoms with van der Waals surface area (Å²) in [4.78, 5) is 1.89. The van der Waals surface area contributed by atoms with Crippen molar-refractivity contribution >= 4 is 0 Å². The number of alkyl halides is 3. The molecule has 3 nitrogen and oxygen atoms in total. The predicted octanol–water partition coefficient (Wildman–Crippen LogP) is 1.78. The molecule has 112 valence electrons. The summed E-state index contributed by atoms with van der Waals surface area (Å²) in [6, 6.07) is 2.35. The van der Waals surface area contributed by atoms with Crippen LogP contribution in [-0.4, -0.2) is 42.8 Å². The summed E-state index contributed by atoms with van der Waals surface area (Å²) in [5.74, 6) is -1.29. The molecule has 0 aliphatic carbocycles. The minimum atomic E-state index is -4.73. The first kappa shape index (κ1) is 15.2. The topological polar surface area (TPSA) is 35.5 Å². The Kier molecular flexibility index (Phi) is 4.62. The van der Waals surface area contributed by atoms with Crippen molar-refractivity contribution in [3.05, 3.63) is 35.1 Å². The second-order valence-corrected chi connectivity index (χ2v) is 4.72. The van der Waals surface area contributed by atoms with Crippen LogP contribution in [0, 0.1) is 5.82 Å². The highest BCUT2D eigenvalue weighted by Crippen LogP contribution is 2.34. The Balaban J connectivity index is 2.30. The van der Waals surface area contributed by atoms with Crippen LogP contribution in [0.5, 0.6) is 0 Å². The number of halogens is 4. The van der Waals surface area contributed by atoms with Gasteiger partial charge in [-0.05, 0) is 17.7 Å². The summed E-state index contributed by atoms with van der Waals surface area (Å²) in [5, 5.41) is 12.6. The average Bonchev–Trinajstić information content (AvgIpc) is 2.41. The van der Waals surface area contributed by atoms with Crippen molar-refractivity contribution in [2.75, 3.05) is 32.8 Å². The van der Waals surface area contributed by atoms with Crippen LogP contribution < -0.4 is 5.32 Å². The van der Waals surface area contributed by atoms with Crippen molar-refractivity contribution in [3.63, 3.8) is 0 Å². The fourth-order valence-corrected chi connectivity index (χ4v) is 2.39. The molecule has 2 rings (SSSR count). The minimum Gasteiger partial charge on any atom is -0.394 e. The minimum absolute atomic E-state index is 0.281. The fraction of sp³-hybridized carbons (Fsp3) is 0.538. The van der Waals surface area contributed by atoms with Gasteiger partial charge in [0.2, 0.25) is 0 Å². The smallest absolute Gasteiger partial charge is 0.394 e. The summed E-state index contributed by atoms with van der Waals surface area (Å²) in [5.41, 5.74) is -1.01.